The topological polar surface area (TPSA) is 153 Å². The summed E-state index contributed by atoms with van der Waals surface area (Å²) in [6, 6.07) is 9.52. The Bertz CT molecular complexity index is 815. The second-order valence-electron chi connectivity index (χ2n) is 5.68. The van der Waals surface area contributed by atoms with E-state index in [9.17, 15) is 20.0 Å². The molecule has 1 aromatic carbocycles. The van der Waals surface area contributed by atoms with Crippen LogP contribution in [0, 0.1) is 10.1 Å². The molecule has 10 heteroatoms. The largest absolute Gasteiger partial charge is 0.450 e. The molecule has 0 aliphatic heterocycles. The van der Waals surface area contributed by atoms with E-state index in [1.165, 1.54) is 6.07 Å². The van der Waals surface area contributed by atoms with Crippen molar-refractivity contribution in [3.63, 3.8) is 0 Å². The Balaban J connectivity index is 2.30. The number of anilines is 3. The van der Waals surface area contributed by atoms with E-state index in [0.29, 0.717) is 5.56 Å². The number of rotatable bonds is 7. The van der Waals surface area contributed by atoms with E-state index >= 15 is 0 Å². The van der Waals surface area contributed by atoms with Gasteiger partial charge in [0.05, 0.1) is 23.7 Å². The quantitative estimate of drug-likeness (QED) is 0.425. The normalized spacial score (nSPS) is 12.7. The zero-order valence-corrected chi connectivity index (χ0v) is 14.9. The van der Waals surface area contributed by atoms with Crippen molar-refractivity contribution >= 4 is 29.1 Å². The van der Waals surface area contributed by atoms with Crippen molar-refractivity contribution in [3.8, 4) is 0 Å². The molecule has 0 aliphatic rings. The number of carbonyl (C=O) groups excluding carboxylic acids is 1. The number of pyridine rings is 1. The van der Waals surface area contributed by atoms with Crippen LogP contribution in [0.1, 0.15) is 25.5 Å². The number of aromatic nitrogens is 1. The van der Waals surface area contributed by atoms with Crippen LogP contribution in [0.3, 0.4) is 0 Å². The molecule has 1 aromatic heterocycles. The van der Waals surface area contributed by atoms with E-state index in [2.05, 4.69) is 15.6 Å². The molecule has 0 saturated heterocycles. The van der Waals surface area contributed by atoms with Crippen molar-refractivity contribution in [1.29, 1.82) is 0 Å². The molecule has 2 rings (SSSR count). The SMILES string of the molecule is CCOC(=O)Nc1cc(N[C@H](C)[C@@H](O)c2ccccc2)c([N+](=O)[O-])c(N)n1. The molecule has 0 saturated carbocycles. The zero-order chi connectivity index (χ0) is 20.0. The van der Waals surface area contributed by atoms with E-state index in [1.54, 1.807) is 38.1 Å². The zero-order valence-electron chi connectivity index (χ0n) is 14.9. The van der Waals surface area contributed by atoms with Gasteiger partial charge in [-0.2, -0.15) is 0 Å². The number of nitrogens with two attached hydrogens (primary N) is 1. The number of nitrogens with one attached hydrogen (secondary N) is 2. The van der Waals surface area contributed by atoms with Gasteiger partial charge >= 0.3 is 11.8 Å². The fourth-order valence-corrected chi connectivity index (χ4v) is 2.46. The number of hydrogen-bond donors (Lipinski definition) is 4. The Morgan fingerprint density at radius 3 is 2.67 bits per heavy atom. The summed E-state index contributed by atoms with van der Waals surface area (Å²) < 4.78 is 4.76. The number of ether oxygens (including phenoxy) is 1. The summed E-state index contributed by atoms with van der Waals surface area (Å²) in [5.74, 6) is -0.390. The number of nitrogen functional groups attached to an aromatic ring is 1. The van der Waals surface area contributed by atoms with E-state index in [-0.39, 0.29) is 23.9 Å². The minimum atomic E-state index is -0.929. The first-order valence-corrected chi connectivity index (χ1v) is 8.21. The molecule has 2 atom stereocenters. The minimum Gasteiger partial charge on any atom is -0.450 e. The van der Waals surface area contributed by atoms with E-state index < -0.39 is 28.8 Å². The molecule has 5 N–H and O–H groups in total. The average Bonchev–Trinajstić information content (AvgIpc) is 2.61. The first-order chi connectivity index (χ1) is 12.8. The molecule has 1 heterocycles. The molecule has 0 bridgehead atoms. The van der Waals surface area contributed by atoms with Crippen molar-refractivity contribution in [1.82, 2.24) is 4.98 Å². The molecule has 0 fully saturated rings. The Morgan fingerprint density at radius 2 is 2.07 bits per heavy atom. The molecule has 0 radical (unpaired) electrons. The lowest BCUT2D eigenvalue weighted by atomic mass is 10.0. The number of benzene rings is 1. The highest BCUT2D eigenvalue weighted by atomic mass is 16.6. The maximum Gasteiger partial charge on any atom is 0.412 e. The van der Waals surface area contributed by atoms with Gasteiger partial charge in [-0.1, -0.05) is 30.3 Å². The van der Waals surface area contributed by atoms with Crippen molar-refractivity contribution in [2.75, 3.05) is 23.0 Å². The summed E-state index contributed by atoms with van der Waals surface area (Å²) >= 11 is 0. The smallest absolute Gasteiger partial charge is 0.412 e. The summed E-state index contributed by atoms with van der Waals surface area (Å²) in [6.45, 7) is 3.45. The van der Waals surface area contributed by atoms with Crippen LogP contribution < -0.4 is 16.4 Å². The van der Waals surface area contributed by atoms with Crippen molar-refractivity contribution in [2.45, 2.75) is 26.0 Å². The monoisotopic (exact) mass is 375 g/mol. The molecule has 144 valence electrons. The third-order valence-corrected chi connectivity index (χ3v) is 3.71. The average molecular weight is 375 g/mol. The second kappa shape index (κ2) is 8.81. The van der Waals surface area contributed by atoms with Gasteiger partial charge in [0.2, 0.25) is 5.82 Å². The van der Waals surface area contributed by atoms with E-state index in [4.69, 9.17) is 10.5 Å². The molecule has 0 aliphatic carbocycles. The molecule has 10 nitrogen and oxygen atoms in total. The predicted octanol–water partition coefficient (Wildman–Crippen LogP) is 2.67. The molecular weight excluding hydrogens is 354 g/mol. The first-order valence-electron chi connectivity index (χ1n) is 8.21. The highest BCUT2D eigenvalue weighted by Gasteiger charge is 2.25. The summed E-state index contributed by atoms with van der Waals surface area (Å²) in [4.78, 5) is 26.1. The maximum atomic E-state index is 11.6. The maximum absolute atomic E-state index is 11.6. The number of hydrogen-bond acceptors (Lipinski definition) is 8. The van der Waals surface area contributed by atoms with Gasteiger partial charge in [0, 0.05) is 6.07 Å². The van der Waals surface area contributed by atoms with Crippen LogP contribution in [0.2, 0.25) is 0 Å². The molecule has 0 unspecified atom stereocenters. The Labute approximate surface area is 155 Å². The fourth-order valence-electron chi connectivity index (χ4n) is 2.46. The predicted molar refractivity (Wildman–Crippen MR) is 100 cm³/mol. The van der Waals surface area contributed by atoms with Gasteiger partial charge in [-0.05, 0) is 19.4 Å². The van der Waals surface area contributed by atoms with Crippen LogP contribution in [-0.4, -0.2) is 33.8 Å². The van der Waals surface area contributed by atoms with E-state index in [1.807, 2.05) is 6.07 Å². The van der Waals surface area contributed by atoms with Crippen LogP contribution >= 0.6 is 0 Å². The van der Waals surface area contributed by atoms with E-state index in [0.717, 1.165) is 0 Å². The van der Waals surface area contributed by atoms with Gasteiger partial charge in [0.15, 0.2) is 0 Å². The molecular formula is C17H21N5O5. The van der Waals surface area contributed by atoms with Gasteiger partial charge in [-0.3, -0.25) is 15.4 Å². The summed E-state index contributed by atoms with van der Waals surface area (Å²) in [5, 5.41) is 27.1. The summed E-state index contributed by atoms with van der Waals surface area (Å²) in [6.07, 6.45) is -1.69. The Morgan fingerprint density at radius 1 is 1.41 bits per heavy atom. The van der Waals surface area contributed by atoms with Crippen LogP contribution in [0.15, 0.2) is 36.4 Å². The summed E-state index contributed by atoms with van der Waals surface area (Å²) in [7, 11) is 0. The van der Waals surface area contributed by atoms with Gasteiger partial charge in [-0.15, -0.1) is 0 Å². The molecule has 2 aromatic rings. The third-order valence-electron chi connectivity index (χ3n) is 3.71. The van der Waals surface area contributed by atoms with Crippen LogP contribution in [0.5, 0.6) is 0 Å². The number of amides is 1. The molecule has 27 heavy (non-hydrogen) atoms. The Kier molecular flexibility index (Phi) is 6.50. The highest BCUT2D eigenvalue weighted by molar-refractivity contribution is 5.86. The minimum absolute atomic E-state index is 0.0135. The number of aliphatic hydroxyl groups is 1. The number of nitrogens with zero attached hydrogens (tertiary/aromatic N) is 2. The lowest BCUT2D eigenvalue weighted by Crippen LogP contribution is -2.25. The van der Waals surface area contributed by atoms with Crippen molar-refractivity contribution in [3.05, 3.63) is 52.1 Å². The number of aliphatic hydroxyl groups excluding tert-OH is 1. The third kappa shape index (κ3) is 5.05. The molecule has 0 spiro atoms. The van der Waals surface area contributed by atoms with Crippen molar-refractivity contribution < 1.29 is 19.6 Å². The standard InChI is InChI=1S/C17H21N5O5/c1-3-27-17(24)21-13-9-12(14(22(25)26)16(18)20-13)19-10(2)15(23)11-7-5-4-6-8-11/h4-10,15,23H,3H2,1-2H3,(H4,18,19,20,21,24)/t10-,15-/m1/s1. The molecule has 1 amide bonds. The number of carbonyl (C=O) groups is 1. The van der Waals surface area contributed by atoms with Crippen LogP contribution in [0.4, 0.5) is 27.8 Å². The van der Waals surface area contributed by atoms with Crippen LogP contribution in [0.25, 0.3) is 0 Å². The highest BCUT2D eigenvalue weighted by Crippen LogP contribution is 2.33. The van der Waals surface area contributed by atoms with Gasteiger partial charge in [-0.25, -0.2) is 9.78 Å². The summed E-state index contributed by atoms with van der Waals surface area (Å²) in [5.41, 5.74) is 5.90. The second-order valence-corrected chi connectivity index (χ2v) is 5.68. The van der Waals surface area contributed by atoms with Gasteiger partial charge in [0.1, 0.15) is 11.5 Å². The Hall–Kier alpha value is -3.40. The van der Waals surface area contributed by atoms with Crippen LogP contribution in [-0.2, 0) is 4.74 Å². The lowest BCUT2D eigenvalue weighted by molar-refractivity contribution is -0.383. The number of nitro groups is 1. The van der Waals surface area contributed by atoms with Crippen molar-refractivity contribution in [2.24, 2.45) is 0 Å². The van der Waals surface area contributed by atoms with Gasteiger partial charge in [0.25, 0.3) is 0 Å². The fraction of sp³-hybridized carbons (Fsp3) is 0.294. The van der Waals surface area contributed by atoms with Gasteiger partial charge < -0.3 is 20.9 Å². The first kappa shape index (κ1) is 19.9. The lowest BCUT2D eigenvalue weighted by Gasteiger charge is -2.22.